The number of carboxylic acids is 1. The lowest BCUT2D eigenvalue weighted by Crippen LogP contribution is -2.45. The number of carbonyl (C=O) groups excluding carboxylic acids is 1. The highest BCUT2D eigenvalue weighted by molar-refractivity contribution is 5.81. The molecule has 0 radical (unpaired) electrons. The fourth-order valence-electron chi connectivity index (χ4n) is 1.82. The molecule has 0 aliphatic carbocycles. The van der Waals surface area contributed by atoms with E-state index in [-0.39, 0.29) is 25.0 Å². The Morgan fingerprint density at radius 2 is 2.11 bits per heavy atom. The van der Waals surface area contributed by atoms with Crippen molar-refractivity contribution < 1.29 is 24.2 Å². The molecule has 1 aliphatic rings. The van der Waals surface area contributed by atoms with Crippen LogP contribution in [0.5, 0.6) is 0 Å². The lowest BCUT2D eigenvalue weighted by atomic mass is 9.97. The molecule has 1 rings (SSSR count). The molecule has 1 heterocycles. The summed E-state index contributed by atoms with van der Waals surface area (Å²) >= 11 is 0. The quantitative estimate of drug-likeness (QED) is 0.715. The average molecular weight is 259 g/mol. The molecule has 0 aromatic heterocycles. The molecule has 0 bridgehead atoms. The SMILES string of the molecule is CC(C)C[C@H](CNC(=O)[C@@H]1COCCO1)C(=O)O. The molecule has 0 aromatic rings. The number of ether oxygens (including phenoxy) is 2. The van der Waals surface area contributed by atoms with E-state index in [9.17, 15) is 9.59 Å². The lowest BCUT2D eigenvalue weighted by molar-refractivity contribution is -0.148. The second kappa shape index (κ2) is 7.33. The van der Waals surface area contributed by atoms with E-state index in [2.05, 4.69) is 5.32 Å². The van der Waals surface area contributed by atoms with Crippen molar-refractivity contribution in [2.24, 2.45) is 11.8 Å². The molecule has 0 spiro atoms. The van der Waals surface area contributed by atoms with Crippen LogP contribution in [0.3, 0.4) is 0 Å². The summed E-state index contributed by atoms with van der Waals surface area (Å²) in [5.74, 6) is -1.47. The molecular weight excluding hydrogens is 238 g/mol. The first-order valence-corrected chi connectivity index (χ1v) is 6.20. The summed E-state index contributed by atoms with van der Waals surface area (Å²) in [6.45, 7) is 5.16. The van der Waals surface area contributed by atoms with Gasteiger partial charge in [0, 0.05) is 6.54 Å². The van der Waals surface area contributed by atoms with E-state index >= 15 is 0 Å². The number of hydrogen-bond acceptors (Lipinski definition) is 4. The van der Waals surface area contributed by atoms with Gasteiger partial charge in [0.15, 0.2) is 6.10 Å². The zero-order chi connectivity index (χ0) is 13.5. The number of amides is 1. The van der Waals surface area contributed by atoms with Gasteiger partial charge in [-0.25, -0.2) is 0 Å². The first-order chi connectivity index (χ1) is 8.50. The van der Waals surface area contributed by atoms with Crippen LogP contribution >= 0.6 is 0 Å². The van der Waals surface area contributed by atoms with Gasteiger partial charge >= 0.3 is 5.97 Å². The first-order valence-electron chi connectivity index (χ1n) is 6.20. The maximum absolute atomic E-state index is 11.7. The number of carboxylic acid groups (broad SMARTS) is 1. The van der Waals surface area contributed by atoms with Crippen LogP contribution < -0.4 is 5.32 Å². The Morgan fingerprint density at radius 1 is 1.39 bits per heavy atom. The summed E-state index contributed by atoms with van der Waals surface area (Å²) in [5.41, 5.74) is 0. The molecule has 1 amide bonds. The van der Waals surface area contributed by atoms with E-state index in [1.165, 1.54) is 0 Å². The van der Waals surface area contributed by atoms with Gasteiger partial charge < -0.3 is 19.9 Å². The highest BCUT2D eigenvalue weighted by Gasteiger charge is 2.25. The van der Waals surface area contributed by atoms with Crippen molar-refractivity contribution in [3.63, 3.8) is 0 Å². The van der Waals surface area contributed by atoms with Gasteiger partial charge in [-0.15, -0.1) is 0 Å². The highest BCUT2D eigenvalue weighted by Crippen LogP contribution is 2.11. The fourth-order valence-corrected chi connectivity index (χ4v) is 1.82. The van der Waals surface area contributed by atoms with Crippen LogP contribution in [0.1, 0.15) is 20.3 Å². The predicted molar refractivity (Wildman–Crippen MR) is 64.1 cm³/mol. The van der Waals surface area contributed by atoms with Gasteiger partial charge in [0.25, 0.3) is 5.91 Å². The Balaban J connectivity index is 2.36. The molecule has 2 N–H and O–H groups in total. The summed E-state index contributed by atoms with van der Waals surface area (Å²) in [6, 6.07) is 0. The third-order valence-electron chi connectivity index (χ3n) is 2.74. The monoisotopic (exact) mass is 259 g/mol. The summed E-state index contributed by atoms with van der Waals surface area (Å²) in [6.07, 6.45) is -0.0790. The van der Waals surface area contributed by atoms with Crippen molar-refractivity contribution in [3.05, 3.63) is 0 Å². The van der Waals surface area contributed by atoms with Crippen molar-refractivity contribution >= 4 is 11.9 Å². The number of hydrogen-bond donors (Lipinski definition) is 2. The van der Waals surface area contributed by atoms with Gasteiger partial charge in [0.05, 0.1) is 25.7 Å². The maximum atomic E-state index is 11.7. The Bertz CT molecular complexity index is 286. The zero-order valence-electron chi connectivity index (χ0n) is 10.8. The maximum Gasteiger partial charge on any atom is 0.308 e. The van der Waals surface area contributed by atoms with E-state index in [4.69, 9.17) is 14.6 Å². The molecule has 18 heavy (non-hydrogen) atoms. The normalized spacial score (nSPS) is 21.6. The molecule has 1 aliphatic heterocycles. The van der Waals surface area contributed by atoms with Crippen molar-refractivity contribution in [2.45, 2.75) is 26.4 Å². The molecule has 0 unspecified atom stereocenters. The molecule has 1 saturated heterocycles. The van der Waals surface area contributed by atoms with E-state index in [0.29, 0.717) is 19.6 Å². The van der Waals surface area contributed by atoms with Gasteiger partial charge in [-0.2, -0.15) is 0 Å². The van der Waals surface area contributed by atoms with Crippen molar-refractivity contribution in [2.75, 3.05) is 26.4 Å². The van der Waals surface area contributed by atoms with Gasteiger partial charge in [0.2, 0.25) is 0 Å². The number of aliphatic carboxylic acids is 1. The van der Waals surface area contributed by atoms with Crippen LogP contribution in [0, 0.1) is 11.8 Å². The van der Waals surface area contributed by atoms with Crippen molar-refractivity contribution in [3.8, 4) is 0 Å². The molecule has 1 fully saturated rings. The third-order valence-corrected chi connectivity index (χ3v) is 2.74. The topological polar surface area (TPSA) is 84.9 Å². The first kappa shape index (κ1) is 14.9. The Hall–Kier alpha value is -1.14. The lowest BCUT2D eigenvalue weighted by Gasteiger charge is -2.23. The molecule has 6 heteroatoms. The minimum absolute atomic E-state index is 0.131. The fraction of sp³-hybridized carbons (Fsp3) is 0.833. The molecule has 0 aromatic carbocycles. The Morgan fingerprint density at radius 3 is 2.61 bits per heavy atom. The van der Waals surface area contributed by atoms with Crippen molar-refractivity contribution in [1.82, 2.24) is 5.32 Å². The second-order valence-electron chi connectivity index (χ2n) is 4.84. The minimum atomic E-state index is -0.884. The van der Waals surface area contributed by atoms with Crippen LogP contribution in [-0.4, -0.2) is 49.5 Å². The standard InChI is InChI=1S/C12H21NO5/c1-8(2)5-9(12(15)16)6-13-11(14)10-7-17-3-4-18-10/h8-10H,3-7H2,1-2H3,(H,13,14)(H,15,16)/t9-,10+/m1/s1. The Labute approximate surface area is 107 Å². The summed E-state index contributed by atoms with van der Waals surface area (Å²) in [5, 5.41) is 11.7. The predicted octanol–water partition coefficient (Wildman–Crippen LogP) is 0.265. The van der Waals surface area contributed by atoms with E-state index in [0.717, 1.165) is 0 Å². The van der Waals surface area contributed by atoms with E-state index in [1.807, 2.05) is 13.8 Å². The molecule has 0 saturated carbocycles. The van der Waals surface area contributed by atoms with Crippen LogP contribution in [0.15, 0.2) is 0 Å². The van der Waals surface area contributed by atoms with Crippen LogP contribution in [0.25, 0.3) is 0 Å². The van der Waals surface area contributed by atoms with Crippen LogP contribution in [0.4, 0.5) is 0 Å². The molecule has 6 nitrogen and oxygen atoms in total. The summed E-state index contributed by atoms with van der Waals surface area (Å²) in [7, 11) is 0. The van der Waals surface area contributed by atoms with Crippen molar-refractivity contribution in [1.29, 1.82) is 0 Å². The van der Waals surface area contributed by atoms with Gasteiger partial charge in [0.1, 0.15) is 0 Å². The van der Waals surface area contributed by atoms with E-state index < -0.39 is 18.0 Å². The third kappa shape index (κ3) is 5.01. The molecule has 2 atom stereocenters. The average Bonchev–Trinajstić information content (AvgIpc) is 2.34. The molecule has 104 valence electrons. The highest BCUT2D eigenvalue weighted by atomic mass is 16.6. The number of rotatable bonds is 6. The largest absolute Gasteiger partial charge is 0.481 e. The Kier molecular flexibility index (Phi) is 6.07. The second-order valence-corrected chi connectivity index (χ2v) is 4.84. The number of nitrogens with one attached hydrogen (secondary N) is 1. The zero-order valence-corrected chi connectivity index (χ0v) is 10.8. The summed E-state index contributed by atoms with van der Waals surface area (Å²) in [4.78, 5) is 22.7. The minimum Gasteiger partial charge on any atom is -0.481 e. The van der Waals surface area contributed by atoms with E-state index in [1.54, 1.807) is 0 Å². The van der Waals surface area contributed by atoms with Gasteiger partial charge in [-0.3, -0.25) is 9.59 Å². The summed E-state index contributed by atoms with van der Waals surface area (Å²) < 4.78 is 10.3. The smallest absolute Gasteiger partial charge is 0.308 e. The van der Waals surface area contributed by atoms with Gasteiger partial charge in [-0.05, 0) is 12.3 Å². The molecular formula is C12H21NO5. The van der Waals surface area contributed by atoms with Gasteiger partial charge in [-0.1, -0.05) is 13.8 Å². The number of carbonyl (C=O) groups is 2. The van der Waals surface area contributed by atoms with Crippen LogP contribution in [-0.2, 0) is 19.1 Å². The van der Waals surface area contributed by atoms with Crippen LogP contribution in [0.2, 0.25) is 0 Å².